The van der Waals surface area contributed by atoms with Crippen LogP contribution in [0.5, 0.6) is 0 Å². The zero-order valence-electron chi connectivity index (χ0n) is 13.8. The van der Waals surface area contributed by atoms with Crippen molar-refractivity contribution in [1.82, 2.24) is 0 Å². The lowest BCUT2D eigenvalue weighted by Crippen LogP contribution is -2.15. The van der Waals surface area contributed by atoms with Gasteiger partial charge < -0.3 is 4.74 Å². The molecule has 0 amide bonds. The Morgan fingerprint density at radius 2 is 1.62 bits per heavy atom. The number of hydrogen-bond acceptors (Lipinski definition) is 5. The van der Waals surface area contributed by atoms with Crippen molar-refractivity contribution in [2.75, 3.05) is 6.61 Å². The molecule has 26 heavy (non-hydrogen) atoms. The second kappa shape index (κ2) is 7.57. The van der Waals surface area contributed by atoms with Crippen molar-refractivity contribution < 1.29 is 19.2 Å². The van der Waals surface area contributed by atoms with Crippen molar-refractivity contribution >= 4 is 28.2 Å². The lowest BCUT2D eigenvalue weighted by molar-refractivity contribution is -0.384. The van der Waals surface area contributed by atoms with E-state index < -0.39 is 23.3 Å². The summed E-state index contributed by atoms with van der Waals surface area (Å²) in [5.74, 6) is -0.914. The van der Waals surface area contributed by atoms with E-state index in [-0.39, 0.29) is 17.7 Å². The highest BCUT2D eigenvalue weighted by atomic mass is 16.6. The van der Waals surface area contributed by atoms with E-state index in [0.717, 1.165) is 16.3 Å². The number of non-ortho nitro benzene ring substituents is 1. The SMILES string of the molecule is O=C(Cc1cccc2ccccc12)OCC(=O)c1ccc([N+](=O)[O-])cc1. The first-order valence-electron chi connectivity index (χ1n) is 7.94. The number of benzene rings is 3. The maximum absolute atomic E-state index is 12.1. The van der Waals surface area contributed by atoms with Crippen LogP contribution in [0.15, 0.2) is 66.7 Å². The lowest BCUT2D eigenvalue weighted by atomic mass is 10.0. The van der Waals surface area contributed by atoms with Gasteiger partial charge in [0.15, 0.2) is 12.4 Å². The first-order valence-corrected chi connectivity index (χ1v) is 7.94. The van der Waals surface area contributed by atoms with Gasteiger partial charge in [0, 0.05) is 17.7 Å². The van der Waals surface area contributed by atoms with Crippen LogP contribution in [0.3, 0.4) is 0 Å². The average Bonchev–Trinajstić information content (AvgIpc) is 2.66. The average molecular weight is 349 g/mol. The van der Waals surface area contributed by atoms with Gasteiger partial charge in [0.2, 0.25) is 0 Å². The maximum Gasteiger partial charge on any atom is 0.310 e. The fourth-order valence-corrected chi connectivity index (χ4v) is 2.65. The van der Waals surface area contributed by atoms with E-state index in [1.165, 1.54) is 24.3 Å². The molecular formula is C20H15NO5. The Morgan fingerprint density at radius 1 is 0.923 bits per heavy atom. The van der Waals surface area contributed by atoms with E-state index in [4.69, 9.17) is 4.74 Å². The smallest absolute Gasteiger partial charge is 0.310 e. The minimum Gasteiger partial charge on any atom is -0.457 e. The van der Waals surface area contributed by atoms with Crippen LogP contribution < -0.4 is 0 Å². The third-order valence-corrected chi connectivity index (χ3v) is 3.98. The number of Topliss-reactive ketones (excluding diaryl/α,β-unsaturated/α-hetero) is 1. The fourth-order valence-electron chi connectivity index (χ4n) is 2.65. The van der Waals surface area contributed by atoms with Gasteiger partial charge in [-0.25, -0.2) is 0 Å². The summed E-state index contributed by atoms with van der Waals surface area (Å²) >= 11 is 0. The number of fused-ring (bicyclic) bond motifs is 1. The highest BCUT2D eigenvalue weighted by molar-refractivity contribution is 5.98. The molecule has 0 saturated heterocycles. The van der Waals surface area contributed by atoms with E-state index in [0.29, 0.717) is 0 Å². The van der Waals surface area contributed by atoms with Gasteiger partial charge in [-0.3, -0.25) is 19.7 Å². The Hall–Kier alpha value is -3.54. The van der Waals surface area contributed by atoms with Gasteiger partial charge in [-0.1, -0.05) is 42.5 Å². The minimum atomic E-state index is -0.543. The predicted octanol–water partition coefficient (Wildman–Crippen LogP) is 3.72. The van der Waals surface area contributed by atoms with Crippen molar-refractivity contribution in [3.8, 4) is 0 Å². The van der Waals surface area contributed by atoms with Crippen molar-refractivity contribution in [1.29, 1.82) is 0 Å². The van der Waals surface area contributed by atoms with E-state index in [9.17, 15) is 19.7 Å². The summed E-state index contributed by atoms with van der Waals surface area (Å²) in [4.78, 5) is 34.2. The zero-order valence-corrected chi connectivity index (χ0v) is 13.8. The Labute approximate surface area is 149 Å². The Balaban J connectivity index is 1.61. The fraction of sp³-hybridized carbons (Fsp3) is 0.100. The molecule has 6 heteroatoms. The predicted molar refractivity (Wildman–Crippen MR) is 96.0 cm³/mol. The Morgan fingerprint density at radius 3 is 2.35 bits per heavy atom. The molecule has 0 heterocycles. The number of nitro benzene ring substituents is 1. The van der Waals surface area contributed by atoms with Crippen LogP contribution in [0.25, 0.3) is 10.8 Å². The summed E-state index contributed by atoms with van der Waals surface area (Å²) in [6.45, 7) is -0.401. The molecule has 0 saturated carbocycles. The normalized spacial score (nSPS) is 10.5. The number of hydrogen-bond donors (Lipinski definition) is 0. The van der Waals surface area contributed by atoms with Crippen molar-refractivity contribution in [3.05, 3.63) is 88.0 Å². The van der Waals surface area contributed by atoms with Crippen LogP contribution in [-0.2, 0) is 16.0 Å². The number of carbonyl (C=O) groups excluding carboxylic acids is 2. The van der Waals surface area contributed by atoms with Gasteiger partial charge in [-0.2, -0.15) is 0 Å². The van der Waals surface area contributed by atoms with Crippen LogP contribution in [0, 0.1) is 10.1 Å². The number of esters is 1. The Bertz CT molecular complexity index is 974. The van der Waals surface area contributed by atoms with Gasteiger partial charge in [-0.15, -0.1) is 0 Å². The summed E-state index contributed by atoms with van der Waals surface area (Å²) in [5, 5.41) is 12.6. The molecular weight excluding hydrogens is 334 g/mol. The highest BCUT2D eigenvalue weighted by Crippen LogP contribution is 2.19. The van der Waals surface area contributed by atoms with E-state index in [2.05, 4.69) is 0 Å². The van der Waals surface area contributed by atoms with Gasteiger partial charge in [0.25, 0.3) is 5.69 Å². The van der Waals surface area contributed by atoms with Crippen LogP contribution in [0.4, 0.5) is 5.69 Å². The summed E-state index contributed by atoms with van der Waals surface area (Å²) in [7, 11) is 0. The third-order valence-electron chi connectivity index (χ3n) is 3.98. The van der Waals surface area contributed by atoms with Gasteiger partial charge in [-0.05, 0) is 28.5 Å². The first kappa shape index (κ1) is 17.3. The molecule has 0 aliphatic heterocycles. The minimum absolute atomic E-state index is 0.0644. The molecule has 0 fully saturated rings. The largest absolute Gasteiger partial charge is 0.457 e. The Kier molecular flexibility index (Phi) is 5.03. The molecule has 3 rings (SSSR count). The molecule has 0 atom stereocenters. The van der Waals surface area contributed by atoms with Gasteiger partial charge >= 0.3 is 5.97 Å². The van der Waals surface area contributed by atoms with Crippen LogP contribution in [0.2, 0.25) is 0 Å². The quantitative estimate of drug-likeness (QED) is 0.293. The standard InChI is InChI=1S/C20H15NO5/c22-19(15-8-10-17(11-9-15)21(24)25)13-26-20(23)12-16-6-3-5-14-4-1-2-7-18(14)16/h1-11H,12-13H2. The van der Waals surface area contributed by atoms with Crippen LogP contribution in [-0.4, -0.2) is 23.3 Å². The maximum atomic E-state index is 12.1. The third kappa shape index (κ3) is 3.92. The van der Waals surface area contributed by atoms with Crippen molar-refractivity contribution in [2.24, 2.45) is 0 Å². The van der Waals surface area contributed by atoms with Crippen molar-refractivity contribution in [2.45, 2.75) is 6.42 Å². The monoisotopic (exact) mass is 349 g/mol. The summed E-state index contributed by atoms with van der Waals surface area (Å²) in [5.41, 5.74) is 0.985. The van der Waals surface area contributed by atoms with E-state index in [1.54, 1.807) is 0 Å². The molecule has 0 bridgehead atoms. The molecule has 0 N–H and O–H groups in total. The first-order chi connectivity index (χ1) is 12.5. The molecule has 0 aliphatic rings. The van der Waals surface area contributed by atoms with Gasteiger partial charge in [0.1, 0.15) is 0 Å². The second-order valence-corrected chi connectivity index (χ2v) is 5.70. The number of nitro groups is 1. The molecule has 130 valence electrons. The second-order valence-electron chi connectivity index (χ2n) is 5.70. The summed E-state index contributed by atoms with van der Waals surface area (Å²) < 4.78 is 5.07. The molecule has 0 aromatic heterocycles. The van der Waals surface area contributed by atoms with Crippen LogP contribution in [0.1, 0.15) is 15.9 Å². The summed E-state index contributed by atoms with van der Waals surface area (Å²) in [6.07, 6.45) is 0.0644. The molecule has 0 aliphatic carbocycles. The number of ketones is 1. The molecule has 3 aromatic carbocycles. The molecule has 0 unspecified atom stereocenters. The lowest BCUT2D eigenvalue weighted by Gasteiger charge is -2.07. The van der Waals surface area contributed by atoms with Gasteiger partial charge in [0.05, 0.1) is 11.3 Å². The number of nitrogens with zero attached hydrogens (tertiary/aromatic N) is 1. The molecule has 0 radical (unpaired) electrons. The number of rotatable bonds is 6. The number of carbonyl (C=O) groups is 2. The molecule has 0 spiro atoms. The van der Waals surface area contributed by atoms with E-state index >= 15 is 0 Å². The van der Waals surface area contributed by atoms with Crippen molar-refractivity contribution in [3.63, 3.8) is 0 Å². The van der Waals surface area contributed by atoms with Crippen LogP contribution >= 0.6 is 0 Å². The van der Waals surface area contributed by atoms with E-state index in [1.807, 2.05) is 42.5 Å². The highest BCUT2D eigenvalue weighted by Gasteiger charge is 2.13. The summed E-state index contributed by atoms with van der Waals surface area (Å²) in [6, 6.07) is 18.6. The number of ether oxygens (including phenoxy) is 1. The molecule has 6 nitrogen and oxygen atoms in total. The zero-order chi connectivity index (χ0) is 18.5. The topological polar surface area (TPSA) is 86.5 Å². The molecule has 3 aromatic rings.